The van der Waals surface area contributed by atoms with Crippen LogP contribution >= 0.6 is 0 Å². The molecule has 35 heavy (non-hydrogen) atoms. The number of anilines is 1. The molecule has 0 saturated heterocycles. The van der Waals surface area contributed by atoms with Gasteiger partial charge in [-0.1, -0.05) is 122 Å². The normalized spacial score (nSPS) is 14.2. The highest BCUT2D eigenvalue weighted by molar-refractivity contribution is 5.84. The van der Waals surface area contributed by atoms with Crippen LogP contribution in [-0.2, 0) is 0 Å². The van der Waals surface area contributed by atoms with Gasteiger partial charge < -0.3 is 4.90 Å². The summed E-state index contributed by atoms with van der Waals surface area (Å²) >= 11 is 0. The summed E-state index contributed by atoms with van der Waals surface area (Å²) in [5.41, 5.74) is 2.38. The van der Waals surface area contributed by atoms with Crippen molar-refractivity contribution in [1.82, 2.24) is 0 Å². The molecular formula is C34H31N. The Morgan fingerprint density at radius 3 is 2.11 bits per heavy atom. The van der Waals surface area contributed by atoms with Crippen molar-refractivity contribution in [3.05, 3.63) is 163 Å². The van der Waals surface area contributed by atoms with E-state index in [-0.39, 0.29) is 0 Å². The Kier molecular flexibility index (Phi) is 8.68. The molecule has 3 aromatic carbocycles. The molecule has 172 valence electrons. The zero-order chi connectivity index (χ0) is 24.1. The van der Waals surface area contributed by atoms with Gasteiger partial charge >= 0.3 is 0 Å². The number of benzene rings is 3. The fourth-order valence-corrected chi connectivity index (χ4v) is 4.08. The third-order valence-corrected chi connectivity index (χ3v) is 5.76. The van der Waals surface area contributed by atoms with Crippen LogP contribution in [0.5, 0.6) is 0 Å². The maximum Gasteiger partial charge on any atom is 0.0452 e. The molecule has 0 spiro atoms. The maximum atomic E-state index is 3.69. The molecule has 0 aliphatic heterocycles. The van der Waals surface area contributed by atoms with E-state index in [0.717, 1.165) is 18.5 Å². The first-order chi connectivity index (χ1) is 17.4. The average molecular weight is 454 g/mol. The maximum absolute atomic E-state index is 3.69. The van der Waals surface area contributed by atoms with E-state index in [1.54, 1.807) is 6.08 Å². The number of hydrogen-bond donors (Lipinski definition) is 0. The first-order valence-corrected chi connectivity index (χ1v) is 12.0. The van der Waals surface area contributed by atoms with E-state index in [1.165, 1.54) is 26.9 Å². The Morgan fingerprint density at radius 2 is 1.34 bits per heavy atom. The molecule has 0 unspecified atom stereocenters. The highest BCUT2D eigenvalue weighted by atomic mass is 15.1. The van der Waals surface area contributed by atoms with E-state index in [9.17, 15) is 0 Å². The summed E-state index contributed by atoms with van der Waals surface area (Å²) in [7, 11) is 0. The quantitative estimate of drug-likeness (QED) is 0.335. The average Bonchev–Trinajstić information content (AvgIpc) is 2.90. The van der Waals surface area contributed by atoms with Crippen LogP contribution in [0.1, 0.15) is 12.8 Å². The molecule has 0 N–H and O–H groups in total. The van der Waals surface area contributed by atoms with Gasteiger partial charge in [0.2, 0.25) is 0 Å². The number of hydrogen-bond acceptors (Lipinski definition) is 1. The zero-order valence-electron chi connectivity index (χ0n) is 20.0. The minimum absolute atomic E-state index is 0.818. The van der Waals surface area contributed by atoms with Crippen molar-refractivity contribution >= 4 is 28.2 Å². The zero-order valence-corrected chi connectivity index (χ0v) is 20.0. The Labute approximate surface area is 208 Å². The van der Waals surface area contributed by atoms with Crippen molar-refractivity contribution < 1.29 is 0 Å². The van der Waals surface area contributed by atoms with E-state index >= 15 is 0 Å². The van der Waals surface area contributed by atoms with Crippen LogP contribution < -0.4 is 15.3 Å². The number of fused-ring (bicyclic) bond motifs is 2. The van der Waals surface area contributed by atoms with Gasteiger partial charge in [0.25, 0.3) is 0 Å². The Bertz CT molecular complexity index is 1440. The topological polar surface area (TPSA) is 3.24 Å². The number of allylic oxidation sites excluding steroid dienone is 11. The van der Waals surface area contributed by atoms with Gasteiger partial charge in [-0.05, 0) is 52.8 Å². The first-order valence-electron chi connectivity index (χ1n) is 12.0. The van der Waals surface area contributed by atoms with Crippen LogP contribution in [0, 0.1) is 0 Å². The second-order valence-electron chi connectivity index (χ2n) is 8.17. The van der Waals surface area contributed by atoms with Crippen LogP contribution in [0.4, 0.5) is 5.69 Å². The molecule has 0 heterocycles. The standard InChI is InChI=1S/C34H31N/c1-2-3-4-5-6-7-11-19-26-35(32-23-14-12-15-24-32)34-25-16-10-8-9-13-22-31-27-29-20-17-18-21-30(29)28-33(31)34/h2-12,14-24,26-28H,1,13,25H2. The van der Waals surface area contributed by atoms with Crippen molar-refractivity contribution in [3.8, 4) is 0 Å². The van der Waals surface area contributed by atoms with E-state index in [1.807, 2.05) is 30.4 Å². The molecule has 1 aliphatic carbocycles. The summed E-state index contributed by atoms with van der Waals surface area (Å²) in [6.45, 7) is 3.69. The third kappa shape index (κ3) is 6.59. The van der Waals surface area contributed by atoms with Gasteiger partial charge in [-0.25, -0.2) is 0 Å². The largest absolute Gasteiger partial charge is 0.320 e. The van der Waals surface area contributed by atoms with Crippen molar-refractivity contribution in [1.29, 1.82) is 0 Å². The molecule has 0 radical (unpaired) electrons. The molecular weight excluding hydrogens is 422 g/mol. The van der Waals surface area contributed by atoms with Gasteiger partial charge in [-0.2, -0.15) is 0 Å². The Hall–Kier alpha value is -4.36. The molecule has 0 fully saturated rings. The fraction of sp³-hybridized carbons (Fsp3) is 0.0588. The highest BCUT2D eigenvalue weighted by Gasteiger charge is 2.11. The fourth-order valence-electron chi connectivity index (χ4n) is 4.08. The molecule has 1 nitrogen and oxygen atoms in total. The summed E-state index contributed by atoms with van der Waals surface area (Å²) in [6, 6.07) is 23.8. The van der Waals surface area contributed by atoms with Crippen LogP contribution in [-0.4, -0.2) is 0 Å². The molecule has 0 bridgehead atoms. The van der Waals surface area contributed by atoms with Crippen molar-refractivity contribution in [2.45, 2.75) is 12.8 Å². The predicted octanol–water partition coefficient (Wildman–Crippen LogP) is 7.51. The van der Waals surface area contributed by atoms with Gasteiger partial charge in [0.15, 0.2) is 0 Å². The van der Waals surface area contributed by atoms with E-state index in [4.69, 9.17) is 0 Å². The molecule has 0 atom stereocenters. The predicted molar refractivity (Wildman–Crippen MR) is 154 cm³/mol. The van der Waals surface area contributed by atoms with Crippen molar-refractivity contribution in [3.63, 3.8) is 0 Å². The van der Waals surface area contributed by atoms with E-state index < -0.39 is 0 Å². The SMILES string of the molecule is C=CC=CC=CC=CC=CN(C1=c2cc3ccccc3cc2=CCC=CC=CC1)c1ccccc1. The van der Waals surface area contributed by atoms with Gasteiger partial charge in [0, 0.05) is 29.2 Å². The first kappa shape index (κ1) is 23.8. The van der Waals surface area contributed by atoms with Crippen molar-refractivity contribution in [2.75, 3.05) is 4.90 Å². The van der Waals surface area contributed by atoms with Crippen LogP contribution in [0.3, 0.4) is 0 Å². The molecule has 0 amide bonds. The lowest BCUT2D eigenvalue weighted by Crippen LogP contribution is -2.32. The van der Waals surface area contributed by atoms with Gasteiger partial charge in [-0.3, -0.25) is 0 Å². The highest BCUT2D eigenvalue weighted by Crippen LogP contribution is 2.23. The third-order valence-electron chi connectivity index (χ3n) is 5.76. The lowest BCUT2D eigenvalue weighted by molar-refractivity contribution is 1.18. The second kappa shape index (κ2) is 12.8. The molecule has 0 aromatic heterocycles. The van der Waals surface area contributed by atoms with Gasteiger partial charge in [0.1, 0.15) is 0 Å². The lowest BCUT2D eigenvalue weighted by Gasteiger charge is -2.24. The van der Waals surface area contributed by atoms with Crippen LogP contribution in [0.25, 0.3) is 22.5 Å². The summed E-state index contributed by atoms with van der Waals surface area (Å²) in [5, 5.41) is 5.04. The molecule has 1 aliphatic rings. The molecule has 1 heteroatoms. The number of rotatable bonds is 7. The molecule has 4 rings (SSSR count). The number of para-hydroxylation sites is 1. The summed E-state index contributed by atoms with van der Waals surface area (Å²) in [5.74, 6) is 0. The smallest absolute Gasteiger partial charge is 0.0452 e. The van der Waals surface area contributed by atoms with E-state index in [2.05, 4.69) is 127 Å². The molecule has 3 aromatic rings. The molecule has 0 saturated carbocycles. The lowest BCUT2D eigenvalue weighted by atomic mass is 10.0. The second-order valence-corrected chi connectivity index (χ2v) is 8.17. The van der Waals surface area contributed by atoms with Gasteiger partial charge in [-0.15, -0.1) is 0 Å². The number of nitrogens with zero attached hydrogens (tertiary/aromatic N) is 1. The minimum Gasteiger partial charge on any atom is -0.320 e. The Balaban J connectivity index is 1.87. The monoisotopic (exact) mass is 453 g/mol. The van der Waals surface area contributed by atoms with Crippen molar-refractivity contribution in [2.24, 2.45) is 0 Å². The van der Waals surface area contributed by atoms with E-state index in [0.29, 0.717) is 0 Å². The summed E-state index contributed by atoms with van der Waals surface area (Å²) < 4.78 is 0. The summed E-state index contributed by atoms with van der Waals surface area (Å²) in [6.07, 6.45) is 30.8. The summed E-state index contributed by atoms with van der Waals surface area (Å²) in [4.78, 5) is 2.31. The van der Waals surface area contributed by atoms with Gasteiger partial charge in [0.05, 0.1) is 0 Å². The minimum atomic E-state index is 0.818. The Morgan fingerprint density at radius 1 is 0.686 bits per heavy atom. The van der Waals surface area contributed by atoms with Crippen LogP contribution in [0.2, 0.25) is 0 Å². The van der Waals surface area contributed by atoms with Crippen LogP contribution in [0.15, 0.2) is 152 Å².